The Labute approximate surface area is 202 Å². The van der Waals surface area contributed by atoms with Crippen LogP contribution in [-0.2, 0) is 22.4 Å². The minimum absolute atomic E-state index is 0.0921. The molecule has 0 aliphatic carbocycles. The average molecular weight is 462 g/mol. The Balaban J connectivity index is 1.75. The van der Waals surface area contributed by atoms with Crippen LogP contribution < -0.4 is 16.0 Å². The maximum atomic E-state index is 12.6. The number of amides is 2. The summed E-state index contributed by atoms with van der Waals surface area (Å²) in [5.41, 5.74) is 1.57. The Hall–Kier alpha value is -3.38. The van der Waals surface area contributed by atoms with Gasteiger partial charge in [0.1, 0.15) is 5.60 Å². The molecule has 3 rings (SSSR count). The third-order valence-electron chi connectivity index (χ3n) is 5.47. The Kier molecular flexibility index (Phi) is 8.66. The Morgan fingerprint density at radius 1 is 0.853 bits per heavy atom. The van der Waals surface area contributed by atoms with Gasteiger partial charge in [-0.25, -0.2) is 4.79 Å². The van der Waals surface area contributed by atoms with E-state index in [1.807, 2.05) is 63.2 Å². The molecule has 0 heterocycles. The lowest BCUT2D eigenvalue weighted by Gasteiger charge is -2.26. The maximum Gasteiger partial charge on any atom is 0.407 e. The van der Waals surface area contributed by atoms with Gasteiger partial charge >= 0.3 is 6.09 Å². The quantitative estimate of drug-likeness (QED) is 0.446. The SMILES string of the molecule is CNC(=O)[C@@H](Cc1ccccc1)NC[C@@H](Cc1ccc2ccccc2c1)NC(=O)OC(C)(C)C. The first kappa shape index (κ1) is 25.2. The van der Waals surface area contributed by atoms with Crippen LogP contribution in [0.25, 0.3) is 10.8 Å². The summed E-state index contributed by atoms with van der Waals surface area (Å²) in [6, 6.07) is 23.7. The van der Waals surface area contributed by atoms with Crippen LogP contribution in [0.1, 0.15) is 31.9 Å². The number of carbonyl (C=O) groups is 2. The molecule has 180 valence electrons. The molecule has 0 bridgehead atoms. The topological polar surface area (TPSA) is 79.5 Å². The van der Waals surface area contributed by atoms with Crippen molar-refractivity contribution in [1.82, 2.24) is 16.0 Å². The third kappa shape index (κ3) is 7.89. The highest BCUT2D eigenvalue weighted by Crippen LogP contribution is 2.17. The second-order valence-corrected chi connectivity index (χ2v) is 9.49. The molecule has 2 amide bonds. The van der Waals surface area contributed by atoms with Crippen molar-refractivity contribution in [3.05, 3.63) is 83.9 Å². The molecule has 0 fully saturated rings. The minimum atomic E-state index is -0.594. The van der Waals surface area contributed by atoms with Crippen molar-refractivity contribution in [2.24, 2.45) is 0 Å². The second-order valence-electron chi connectivity index (χ2n) is 9.49. The predicted molar refractivity (Wildman–Crippen MR) is 137 cm³/mol. The van der Waals surface area contributed by atoms with Gasteiger partial charge in [-0.05, 0) is 55.5 Å². The standard InChI is InChI=1S/C28H35N3O3/c1-28(2,3)34-27(33)31-24(17-21-14-15-22-12-8-9-13-23(22)16-21)19-30-25(26(32)29-4)18-20-10-6-5-7-11-20/h5-16,24-25,30H,17-19H2,1-4H3,(H,29,32)(H,31,33)/t24-,25-/m1/s1. The summed E-state index contributed by atoms with van der Waals surface area (Å²) in [4.78, 5) is 25.1. The number of ether oxygens (including phenoxy) is 1. The lowest BCUT2D eigenvalue weighted by atomic mass is 10.0. The molecule has 34 heavy (non-hydrogen) atoms. The van der Waals surface area contributed by atoms with Gasteiger partial charge in [0.15, 0.2) is 0 Å². The van der Waals surface area contributed by atoms with E-state index in [-0.39, 0.29) is 11.9 Å². The third-order valence-corrected chi connectivity index (χ3v) is 5.47. The number of benzene rings is 3. The fraction of sp³-hybridized carbons (Fsp3) is 0.357. The number of rotatable bonds is 9. The second kappa shape index (κ2) is 11.7. The van der Waals surface area contributed by atoms with E-state index >= 15 is 0 Å². The molecule has 6 nitrogen and oxygen atoms in total. The van der Waals surface area contributed by atoms with E-state index < -0.39 is 17.7 Å². The van der Waals surface area contributed by atoms with Crippen LogP contribution in [0, 0.1) is 0 Å². The van der Waals surface area contributed by atoms with E-state index in [2.05, 4.69) is 46.3 Å². The summed E-state index contributed by atoms with van der Waals surface area (Å²) >= 11 is 0. The summed E-state index contributed by atoms with van der Waals surface area (Å²) in [5.74, 6) is -0.0921. The minimum Gasteiger partial charge on any atom is -0.444 e. The number of alkyl carbamates (subject to hydrolysis) is 1. The van der Waals surface area contributed by atoms with Crippen molar-refractivity contribution < 1.29 is 14.3 Å². The van der Waals surface area contributed by atoms with Gasteiger partial charge in [0.05, 0.1) is 6.04 Å². The molecule has 0 spiro atoms. The van der Waals surface area contributed by atoms with E-state index in [0.717, 1.165) is 16.5 Å². The summed E-state index contributed by atoms with van der Waals surface area (Å²) < 4.78 is 5.49. The monoisotopic (exact) mass is 461 g/mol. The molecule has 0 radical (unpaired) electrons. The van der Waals surface area contributed by atoms with Gasteiger partial charge < -0.3 is 20.7 Å². The van der Waals surface area contributed by atoms with Crippen LogP contribution in [0.4, 0.5) is 4.79 Å². The molecule has 0 saturated heterocycles. The van der Waals surface area contributed by atoms with Crippen molar-refractivity contribution in [3.63, 3.8) is 0 Å². The lowest BCUT2D eigenvalue weighted by Crippen LogP contribution is -2.51. The van der Waals surface area contributed by atoms with E-state index in [0.29, 0.717) is 19.4 Å². The highest BCUT2D eigenvalue weighted by atomic mass is 16.6. The first-order valence-electron chi connectivity index (χ1n) is 11.7. The zero-order valence-electron chi connectivity index (χ0n) is 20.4. The fourth-order valence-electron chi connectivity index (χ4n) is 3.86. The van der Waals surface area contributed by atoms with Crippen molar-refractivity contribution in [2.45, 2.75) is 51.3 Å². The van der Waals surface area contributed by atoms with Gasteiger partial charge in [-0.15, -0.1) is 0 Å². The van der Waals surface area contributed by atoms with Gasteiger partial charge in [-0.2, -0.15) is 0 Å². The molecule has 0 unspecified atom stereocenters. The zero-order valence-corrected chi connectivity index (χ0v) is 20.4. The molecule has 2 atom stereocenters. The molecule has 3 N–H and O–H groups in total. The summed E-state index contributed by atoms with van der Waals surface area (Å²) in [5, 5.41) is 11.4. The van der Waals surface area contributed by atoms with E-state index in [1.54, 1.807) is 7.05 Å². The Morgan fingerprint density at radius 3 is 2.21 bits per heavy atom. The van der Waals surface area contributed by atoms with Crippen molar-refractivity contribution in [3.8, 4) is 0 Å². The van der Waals surface area contributed by atoms with Crippen LogP contribution in [0.15, 0.2) is 72.8 Å². The number of hydrogen-bond acceptors (Lipinski definition) is 4. The smallest absolute Gasteiger partial charge is 0.407 e. The van der Waals surface area contributed by atoms with Gasteiger partial charge in [-0.1, -0.05) is 72.8 Å². The van der Waals surface area contributed by atoms with Crippen LogP contribution in [0.3, 0.4) is 0 Å². The van der Waals surface area contributed by atoms with Gasteiger partial charge in [-0.3, -0.25) is 4.79 Å². The predicted octanol–water partition coefficient (Wildman–Crippen LogP) is 4.22. The molecule has 3 aromatic carbocycles. The van der Waals surface area contributed by atoms with Crippen molar-refractivity contribution in [1.29, 1.82) is 0 Å². The fourth-order valence-corrected chi connectivity index (χ4v) is 3.86. The number of hydrogen-bond donors (Lipinski definition) is 3. The lowest BCUT2D eigenvalue weighted by molar-refractivity contribution is -0.122. The Morgan fingerprint density at radius 2 is 1.53 bits per heavy atom. The van der Waals surface area contributed by atoms with Crippen molar-refractivity contribution >= 4 is 22.8 Å². The summed E-state index contributed by atoms with van der Waals surface area (Å²) in [7, 11) is 1.63. The first-order valence-corrected chi connectivity index (χ1v) is 11.7. The molecular weight excluding hydrogens is 426 g/mol. The largest absolute Gasteiger partial charge is 0.444 e. The number of carbonyl (C=O) groups excluding carboxylic acids is 2. The molecule has 0 saturated carbocycles. The van der Waals surface area contributed by atoms with Gasteiger partial charge in [0.2, 0.25) is 5.91 Å². The number of nitrogens with one attached hydrogen (secondary N) is 3. The summed E-state index contributed by atoms with van der Waals surface area (Å²) in [6.45, 7) is 5.93. The molecule has 0 aliphatic heterocycles. The van der Waals surface area contributed by atoms with E-state index in [4.69, 9.17) is 4.74 Å². The highest BCUT2D eigenvalue weighted by Gasteiger charge is 2.23. The maximum absolute atomic E-state index is 12.6. The van der Waals surface area contributed by atoms with E-state index in [1.165, 1.54) is 5.39 Å². The average Bonchev–Trinajstić information content (AvgIpc) is 2.80. The van der Waals surface area contributed by atoms with E-state index in [9.17, 15) is 9.59 Å². The van der Waals surface area contributed by atoms with Crippen molar-refractivity contribution in [2.75, 3.05) is 13.6 Å². The van der Waals surface area contributed by atoms with Gasteiger partial charge in [0, 0.05) is 19.6 Å². The zero-order chi connectivity index (χ0) is 24.6. The molecule has 6 heteroatoms. The van der Waals surface area contributed by atoms with Crippen LogP contribution in [0.5, 0.6) is 0 Å². The van der Waals surface area contributed by atoms with Crippen LogP contribution >= 0.6 is 0 Å². The molecular formula is C28H35N3O3. The molecule has 3 aromatic rings. The van der Waals surface area contributed by atoms with Crippen LogP contribution in [0.2, 0.25) is 0 Å². The molecule has 0 aromatic heterocycles. The molecule has 0 aliphatic rings. The Bertz CT molecular complexity index is 1090. The number of likely N-dealkylation sites (N-methyl/N-ethyl adjacent to an activating group) is 1. The van der Waals surface area contributed by atoms with Gasteiger partial charge in [0.25, 0.3) is 0 Å². The van der Waals surface area contributed by atoms with Crippen LogP contribution in [-0.4, -0.2) is 43.3 Å². The highest BCUT2D eigenvalue weighted by molar-refractivity contribution is 5.83. The number of fused-ring (bicyclic) bond motifs is 1. The first-order chi connectivity index (χ1) is 16.2. The summed E-state index contributed by atoms with van der Waals surface area (Å²) in [6.07, 6.45) is 0.679. The normalized spacial score (nSPS) is 13.2.